The molecule has 0 fully saturated rings. The largest absolute Gasteiger partial charge is 0.328 e. The van der Waals surface area contributed by atoms with E-state index in [4.69, 9.17) is 4.98 Å². The highest BCUT2D eigenvalue weighted by Crippen LogP contribution is 2.22. The topological polar surface area (TPSA) is 64.8 Å². The van der Waals surface area contributed by atoms with Gasteiger partial charge in [-0.3, -0.25) is 4.98 Å². The lowest BCUT2D eigenvalue weighted by atomic mass is 10.2. The molecule has 0 amide bonds. The van der Waals surface area contributed by atoms with Crippen molar-refractivity contribution < 1.29 is 8.42 Å². The minimum atomic E-state index is -2.87. The van der Waals surface area contributed by atoms with Crippen LogP contribution in [-0.4, -0.2) is 34.5 Å². The van der Waals surface area contributed by atoms with Crippen molar-refractivity contribution in [3.05, 3.63) is 23.3 Å². The number of imidazole rings is 1. The molecule has 5 nitrogen and oxygen atoms in total. The SMILES string of the molecule is CCCCS(=O)(=O)CCCCCn1c(CC)nc2cnc(C)c(C)c21. The summed E-state index contributed by atoms with van der Waals surface area (Å²) in [7, 11) is -2.87. The lowest BCUT2D eigenvalue weighted by Crippen LogP contribution is -2.11. The second kappa shape index (κ2) is 8.79. The van der Waals surface area contributed by atoms with Crippen molar-refractivity contribution in [2.75, 3.05) is 11.5 Å². The molecule has 0 aromatic carbocycles. The van der Waals surface area contributed by atoms with Gasteiger partial charge in [0.25, 0.3) is 0 Å². The van der Waals surface area contributed by atoms with Crippen LogP contribution in [0, 0.1) is 13.8 Å². The van der Waals surface area contributed by atoms with E-state index in [-0.39, 0.29) is 0 Å². The maximum atomic E-state index is 11.9. The third kappa shape index (κ3) is 5.03. The minimum Gasteiger partial charge on any atom is -0.328 e. The van der Waals surface area contributed by atoms with E-state index in [1.54, 1.807) is 0 Å². The summed E-state index contributed by atoms with van der Waals surface area (Å²) in [6.45, 7) is 9.16. The zero-order valence-electron chi connectivity index (χ0n) is 16.0. The molecule has 0 unspecified atom stereocenters. The van der Waals surface area contributed by atoms with E-state index in [9.17, 15) is 8.42 Å². The molecular weight excluding hydrogens is 334 g/mol. The Morgan fingerprint density at radius 1 is 1.04 bits per heavy atom. The first-order valence-electron chi connectivity index (χ1n) is 9.41. The van der Waals surface area contributed by atoms with Gasteiger partial charge in [-0.1, -0.05) is 26.7 Å². The van der Waals surface area contributed by atoms with Gasteiger partial charge in [0.1, 0.15) is 21.2 Å². The molecule has 0 radical (unpaired) electrons. The van der Waals surface area contributed by atoms with Gasteiger partial charge in [-0.05, 0) is 38.7 Å². The molecule has 0 N–H and O–H groups in total. The Kier molecular flexibility index (Phi) is 6.99. The summed E-state index contributed by atoms with van der Waals surface area (Å²) in [4.78, 5) is 9.12. The summed E-state index contributed by atoms with van der Waals surface area (Å²) >= 11 is 0. The summed E-state index contributed by atoms with van der Waals surface area (Å²) in [5.41, 5.74) is 4.37. The average Bonchev–Trinajstić information content (AvgIpc) is 2.94. The van der Waals surface area contributed by atoms with Crippen molar-refractivity contribution in [2.45, 2.75) is 72.8 Å². The number of hydrogen-bond acceptors (Lipinski definition) is 4. The van der Waals surface area contributed by atoms with E-state index < -0.39 is 9.84 Å². The van der Waals surface area contributed by atoms with Crippen LogP contribution in [0.15, 0.2) is 6.20 Å². The summed E-state index contributed by atoms with van der Waals surface area (Å²) in [6, 6.07) is 0. The monoisotopic (exact) mass is 365 g/mol. The Morgan fingerprint density at radius 2 is 1.76 bits per heavy atom. The maximum Gasteiger partial charge on any atom is 0.150 e. The van der Waals surface area contributed by atoms with E-state index in [0.717, 1.165) is 62.1 Å². The van der Waals surface area contributed by atoms with Crippen LogP contribution in [0.2, 0.25) is 0 Å². The van der Waals surface area contributed by atoms with E-state index in [1.165, 1.54) is 11.1 Å². The molecule has 0 aliphatic rings. The number of fused-ring (bicyclic) bond motifs is 1. The molecular formula is C19H31N3O2S. The summed E-state index contributed by atoms with van der Waals surface area (Å²) in [5.74, 6) is 1.74. The van der Waals surface area contributed by atoms with Gasteiger partial charge in [-0.2, -0.15) is 0 Å². The normalized spacial score (nSPS) is 12.2. The van der Waals surface area contributed by atoms with Crippen molar-refractivity contribution in [3.63, 3.8) is 0 Å². The first kappa shape index (κ1) is 19.9. The summed E-state index contributed by atoms with van der Waals surface area (Å²) in [5, 5.41) is 0. The highest BCUT2D eigenvalue weighted by atomic mass is 32.2. The number of sulfone groups is 1. The predicted octanol–water partition coefficient (Wildman–Crippen LogP) is 4.00. The molecule has 2 aromatic heterocycles. The molecule has 0 aliphatic carbocycles. The molecule has 0 saturated carbocycles. The van der Waals surface area contributed by atoms with Crippen LogP contribution in [0.4, 0.5) is 0 Å². The van der Waals surface area contributed by atoms with Crippen LogP contribution in [0.1, 0.15) is 63.0 Å². The molecule has 0 atom stereocenters. The van der Waals surface area contributed by atoms with Gasteiger partial charge >= 0.3 is 0 Å². The Hall–Kier alpha value is -1.43. The lowest BCUT2D eigenvalue weighted by molar-refractivity contribution is 0.572. The third-order valence-electron chi connectivity index (χ3n) is 4.81. The number of rotatable bonds is 10. The molecule has 2 aromatic rings. The quantitative estimate of drug-likeness (QED) is 0.597. The van der Waals surface area contributed by atoms with Crippen LogP contribution in [-0.2, 0) is 22.8 Å². The lowest BCUT2D eigenvalue weighted by Gasteiger charge is -2.10. The molecule has 0 spiro atoms. The van der Waals surface area contributed by atoms with Crippen LogP contribution in [0.25, 0.3) is 11.0 Å². The zero-order chi connectivity index (χ0) is 18.4. The molecule has 6 heteroatoms. The highest BCUT2D eigenvalue weighted by molar-refractivity contribution is 7.91. The van der Waals surface area contributed by atoms with Crippen molar-refractivity contribution >= 4 is 20.9 Å². The summed E-state index contributed by atoms with van der Waals surface area (Å²) in [6.07, 6.45) is 7.10. The second-order valence-electron chi connectivity index (χ2n) is 6.80. The Bertz CT molecular complexity index is 810. The fraction of sp³-hybridized carbons (Fsp3) is 0.684. The number of nitrogens with zero attached hydrogens (tertiary/aromatic N) is 3. The Balaban J connectivity index is 1.98. The second-order valence-corrected chi connectivity index (χ2v) is 9.11. The highest BCUT2D eigenvalue weighted by Gasteiger charge is 2.14. The van der Waals surface area contributed by atoms with Crippen molar-refractivity contribution in [3.8, 4) is 0 Å². The Morgan fingerprint density at radius 3 is 2.44 bits per heavy atom. The number of pyridine rings is 1. The number of aromatic nitrogens is 3. The minimum absolute atomic E-state index is 0.320. The van der Waals surface area contributed by atoms with Crippen LogP contribution in [0.3, 0.4) is 0 Å². The van der Waals surface area contributed by atoms with E-state index >= 15 is 0 Å². The van der Waals surface area contributed by atoms with Crippen LogP contribution in [0.5, 0.6) is 0 Å². The van der Waals surface area contributed by atoms with E-state index in [0.29, 0.717) is 11.5 Å². The first-order valence-corrected chi connectivity index (χ1v) is 11.2. The van der Waals surface area contributed by atoms with Gasteiger partial charge in [0.15, 0.2) is 0 Å². The van der Waals surface area contributed by atoms with Gasteiger partial charge < -0.3 is 4.57 Å². The molecule has 25 heavy (non-hydrogen) atoms. The molecule has 140 valence electrons. The number of hydrogen-bond donors (Lipinski definition) is 0. The van der Waals surface area contributed by atoms with Crippen molar-refractivity contribution in [2.24, 2.45) is 0 Å². The van der Waals surface area contributed by atoms with E-state index in [2.05, 4.69) is 23.4 Å². The van der Waals surface area contributed by atoms with Gasteiger partial charge in [-0.25, -0.2) is 13.4 Å². The van der Waals surface area contributed by atoms with Crippen molar-refractivity contribution in [1.82, 2.24) is 14.5 Å². The predicted molar refractivity (Wildman–Crippen MR) is 104 cm³/mol. The standard InChI is InChI=1S/C19H31N3O2S/c1-5-7-12-25(23,24)13-10-8-9-11-22-18(6-2)21-17-14-20-16(4)15(3)19(17)22/h14H,5-13H2,1-4H3. The van der Waals surface area contributed by atoms with Gasteiger partial charge in [0.2, 0.25) is 0 Å². The average molecular weight is 366 g/mol. The Labute approximate surface area is 151 Å². The molecule has 0 bridgehead atoms. The number of unbranched alkanes of at least 4 members (excludes halogenated alkanes) is 3. The third-order valence-corrected chi connectivity index (χ3v) is 6.64. The van der Waals surface area contributed by atoms with Gasteiger partial charge in [0.05, 0.1) is 23.2 Å². The van der Waals surface area contributed by atoms with Crippen LogP contribution >= 0.6 is 0 Å². The molecule has 2 rings (SSSR count). The molecule has 2 heterocycles. The fourth-order valence-corrected chi connectivity index (χ4v) is 4.75. The summed E-state index contributed by atoms with van der Waals surface area (Å²) < 4.78 is 26.1. The fourth-order valence-electron chi connectivity index (χ4n) is 3.18. The zero-order valence-corrected chi connectivity index (χ0v) is 16.8. The number of aryl methyl sites for hydroxylation is 4. The smallest absolute Gasteiger partial charge is 0.150 e. The van der Waals surface area contributed by atoms with Crippen LogP contribution < -0.4 is 0 Å². The maximum absolute atomic E-state index is 11.9. The van der Waals surface area contributed by atoms with E-state index in [1.807, 2.05) is 20.0 Å². The van der Waals surface area contributed by atoms with Gasteiger partial charge in [-0.15, -0.1) is 0 Å². The first-order chi connectivity index (χ1) is 11.9. The van der Waals surface area contributed by atoms with Gasteiger partial charge in [0, 0.05) is 18.7 Å². The van der Waals surface area contributed by atoms with Crippen molar-refractivity contribution in [1.29, 1.82) is 0 Å². The molecule has 0 aliphatic heterocycles. The molecule has 0 saturated heterocycles.